The van der Waals surface area contributed by atoms with Crippen molar-refractivity contribution in [2.75, 3.05) is 6.54 Å². The summed E-state index contributed by atoms with van der Waals surface area (Å²) in [5.74, 6) is 0.983. The molecule has 3 nitrogen and oxygen atoms in total. The van der Waals surface area contributed by atoms with Crippen LogP contribution in [0.3, 0.4) is 0 Å². The van der Waals surface area contributed by atoms with Gasteiger partial charge in [-0.25, -0.2) is 9.97 Å². The molecule has 0 atom stereocenters. The van der Waals surface area contributed by atoms with Crippen LogP contribution in [0.5, 0.6) is 0 Å². The summed E-state index contributed by atoms with van der Waals surface area (Å²) in [6.45, 7) is 16.3. The molecule has 1 rings (SSSR count). The summed E-state index contributed by atoms with van der Waals surface area (Å²) in [4.78, 5) is 9.40. The Balaban J connectivity index is 2.69. The summed E-state index contributed by atoms with van der Waals surface area (Å²) < 4.78 is 0. The molecular formula is C17H31N3. The van der Waals surface area contributed by atoms with E-state index in [1.807, 2.05) is 0 Å². The van der Waals surface area contributed by atoms with Crippen LogP contribution in [0.15, 0.2) is 0 Å². The van der Waals surface area contributed by atoms with E-state index in [0.29, 0.717) is 6.04 Å². The lowest BCUT2D eigenvalue weighted by Crippen LogP contribution is -2.24. The molecule has 1 heterocycles. The normalized spacial score (nSPS) is 12.2. The predicted octanol–water partition coefficient (Wildman–Crippen LogP) is 3.61. The Bertz CT molecular complexity index is 407. The smallest absolute Gasteiger partial charge is 0.129 e. The molecular weight excluding hydrogens is 246 g/mol. The third-order valence-electron chi connectivity index (χ3n) is 3.31. The molecule has 0 amide bonds. The fourth-order valence-electron chi connectivity index (χ4n) is 2.38. The summed E-state index contributed by atoms with van der Waals surface area (Å²) in [5, 5.41) is 3.46. The van der Waals surface area contributed by atoms with Crippen molar-refractivity contribution >= 4 is 0 Å². The van der Waals surface area contributed by atoms with E-state index in [9.17, 15) is 0 Å². The molecule has 0 saturated heterocycles. The summed E-state index contributed by atoms with van der Waals surface area (Å²) in [6, 6.07) is 0.558. The molecule has 114 valence electrons. The lowest BCUT2D eigenvalue weighted by Gasteiger charge is -2.18. The second kappa shape index (κ2) is 7.16. The second-order valence-electron chi connectivity index (χ2n) is 7.24. The highest BCUT2D eigenvalue weighted by molar-refractivity contribution is 5.24. The van der Waals surface area contributed by atoms with Gasteiger partial charge in [-0.3, -0.25) is 0 Å². The molecule has 0 aliphatic carbocycles. The van der Waals surface area contributed by atoms with Crippen molar-refractivity contribution in [3.05, 3.63) is 22.8 Å². The van der Waals surface area contributed by atoms with E-state index in [1.54, 1.807) is 0 Å². The number of hydrogen-bond donors (Lipinski definition) is 1. The maximum absolute atomic E-state index is 4.70. The van der Waals surface area contributed by atoms with Crippen LogP contribution in [0.2, 0.25) is 0 Å². The maximum Gasteiger partial charge on any atom is 0.129 e. The summed E-state index contributed by atoms with van der Waals surface area (Å²) in [7, 11) is 0. The topological polar surface area (TPSA) is 37.8 Å². The van der Waals surface area contributed by atoms with Gasteiger partial charge in [0.15, 0.2) is 0 Å². The molecule has 0 aliphatic rings. The van der Waals surface area contributed by atoms with Crippen LogP contribution in [0.1, 0.15) is 63.8 Å². The molecule has 0 fully saturated rings. The Labute approximate surface area is 124 Å². The van der Waals surface area contributed by atoms with Gasteiger partial charge in [-0.2, -0.15) is 0 Å². The lowest BCUT2D eigenvalue weighted by molar-refractivity contribution is 0.399. The molecule has 0 spiro atoms. The van der Waals surface area contributed by atoms with Gasteiger partial charge in [0, 0.05) is 23.9 Å². The molecule has 0 aromatic carbocycles. The van der Waals surface area contributed by atoms with E-state index >= 15 is 0 Å². The van der Waals surface area contributed by atoms with Crippen LogP contribution in [0.4, 0.5) is 0 Å². The molecule has 3 heteroatoms. The van der Waals surface area contributed by atoms with Crippen molar-refractivity contribution in [3.8, 4) is 0 Å². The molecule has 0 unspecified atom stereocenters. The van der Waals surface area contributed by atoms with E-state index in [4.69, 9.17) is 9.97 Å². The summed E-state index contributed by atoms with van der Waals surface area (Å²) >= 11 is 0. The van der Waals surface area contributed by atoms with Crippen molar-refractivity contribution < 1.29 is 0 Å². The first-order chi connectivity index (χ1) is 9.19. The minimum Gasteiger partial charge on any atom is -0.315 e. The molecule has 1 aromatic rings. The first kappa shape index (κ1) is 17.1. The fraction of sp³-hybridized carbons (Fsp3) is 0.765. The molecule has 0 aliphatic heterocycles. The van der Waals surface area contributed by atoms with Gasteiger partial charge < -0.3 is 5.32 Å². The number of aromatic nitrogens is 2. The standard InChI is InChI=1S/C17H31N3/c1-12(2)18-10-8-9-15-13(3)19-16(20-14(15)4)11-17(5,6)7/h12,18H,8-11H2,1-7H3. The first-order valence-electron chi connectivity index (χ1n) is 7.75. The average Bonchev–Trinajstić information content (AvgIpc) is 2.24. The fourth-order valence-corrected chi connectivity index (χ4v) is 2.38. The molecule has 0 saturated carbocycles. The number of rotatable bonds is 6. The van der Waals surface area contributed by atoms with Gasteiger partial charge in [0.2, 0.25) is 0 Å². The van der Waals surface area contributed by atoms with Crippen LogP contribution < -0.4 is 5.32 Å². The number of hydrogen-bond acceptors (Lipinski definition) is 3. The third-order valence-corrected chi connectivity index (χ3v) is 3.31. The Kier molecular flexibility index (Phi) is 6.12. The number of nitrogens with zero attached hydrogens (tertiary/aromatic N) is 2. The molecule has 0 radical (unpaired) electrons. The zero-order valence-corrected chi connectivity index (χ0v) is 14.3. The van der Waals surface area contributed by atoms with Crippen molar-refractivity contribution in [1.82, 2.24) is 15.3 Å². The van der Waals surface area contributed by atoms with Gasteiger partial charge in [-0.1, -0.05) is 34.6 Å². The van der Waals surface area contributed by atoms with E-state index in [1.165, 1.54) is 5.56 Å². The Morgan fingerprint density at radius 1 is 1.05 bits per heavy atom. The van der Waals surface area contributed by atoms with Gasteiger partial charge >= 0.3 is 0 Å². The van der Waals surface area contributed by atoms with Crippen LogP contribution in [0, 0.1) is 19.3 Å². The van der Waals surface area contributed by atoms with Gasteiger partial charge in [-0.05, 0) is 44.2 Å². The number of nitrogens with one attached hydrogen (secondary N) is 1. The highest BCUT2D eigenvalue weighted by Gasteiger charge is 2.15. The third kappa shape index (κ3) is 6.00. The minimum absolute atomic E-state index is 0.238. The quantitative estimate of drug-likeness (QED) is 0.807. The predicted molar refractivity (Wildman–Crippen MR) is 86.1 cm³/mol. The Hall–Kier alpha value is -0.960. The molecule has 0 bridgehead atoms. The zero-order chi connectivity index (χ0) is 15.3. The SMILES string of the molecule is Cc1nc(CC(C)(C)C)nc(C)c1CCCNC(C)C. The van der Waals surface area contributed by atoms with Gasteiger partial charge in [0.1, 0.15) is 5.82 Å². The van der Waals surface area contributed by atoms with Crippen LogP contribution in [-0.4, -0.2) is 22.6 Å². The number of aryl methyl sites for hydroxylation is 2. The van der Waals surface area contributed by atoms with Crippen LogP contribution in [-0.2, 0) is 12.8 Å². The minimum atomic E-state index is 0.238. The Morgan fingerprint density at radius 3 is 2.05 bits per heavy atom. The Morgan fingerprint density at radius 2 is 1.60 bits per heavy atom. The van der Waals surface area contributed by atoms with Crippen molar-refractivity contribution in [3.63, 3.8) is 0 Å². The lowest BCUT2D eigenvalue weighted by atomic mass is 9.91. The van der Waals surface area contributed by atoms with Gasteiger partial charge in [-0.15, -0.1) is 0 Å². The molecule has 1 N–H and O–H groups in total. The van der Waals surface area contributed by atoms with E-state index in [0.717, 1.165) is 43.0 Å². The largest absolute Gasteiger partial charge is 0.315 e. The van der Waals surface area contributed by atoms with Crippen molar-refractivity contribution in [2.45, 2.75) is 73.8 Å². The highest BCUT2D eigenvalue weighted by atomic mass is 14.9. The highest BCUT2D eigenvalue weighted by Crippen LogP contribution is 2.20. The maximum atomic E-state index is 4.70. The van der Waals surface area contributed by atoms with Crippen molar-refractivity contribution in [2.24, 2.45) is 5.41 Å². The zero-order valence-electron chi connectivity index (χ0n) is 14.3. The van der Waals surface area contributed by atoms with Gasteiger partial charge in [0.25, 0.3) is 0 Å². The van der Waals surface area contributed by atoms with Crippen molar-refractivity contribution in [1.29, 1.82) is 0 Å². The van der Waals surface area contributed by atoms with E-state index < -0.39 is 0 Å². The monoisotopic (exact) mass is 277 g/mol. The van der Waals surface area contributed by atoms with Crippen LogP contribution >= 0.6 is 0 Å². The molecule has 20 heavy (non-hydrogen) atoms. The van der Waals surface area contributed by atoms with E-state index in [2.05, 4.69) is 53.8 Å². The van der Waals surface area contributed by atoms with Crippen LogP contribution in [0.25, 0.3) is 0 Å². The van der Waals surface area contributed by atoms with Gasteiger partial charge in [0.05, 0.1) is 0 Å². The summed E-state index contributed by atoms with van der Waals surface area (Å²) in [5.41, 5.74) is 3.87. The molecule has 1 aromatic heterocycles. The van der Waals surface area contributed by atoms with E-state index in [-0.39, 0.29) is 5.41 Å². The summed E-state index contributed by atoms with van der Waals surface area (Å²) in [6.07, 6.45) is 3.14. The first-order valence-corrected chi connectivity index (χ1v) is 7.75. The second-order valence-corrected chi connectivity index (χ2v) is 7.24. The average molecular weight is 277 g/mol.